The van der Waals surface area contributed by atoms with Gasteiger partial charge in [-0.05, 0) is 38.3 Å². The molecule has 0 saturated heterocycles. The zero-order valence-electron chi connectivity index (χ0n) is 10.8. The van der Waals surface area contributed by atoms with E-state index in [0.717, 1.165) is 19.5 Å². The van der Waals surface area contributed by atoms with E-state index >= 15 is 0 Å². The summed E-state index contributed by atoms with van der Waals surface area (Å²) in [7, 11) is 0. The van der Waals surface area contributed by atoms with Crippen molar-refractivity contribution in [3.63, 3.8) is 0 Å². The maximum absolute atomic E-state index is 12.0. The largest absolute Gasteiger partial charge is 0.333 e. The molecule has 1 aliphatic rings. The van der Waals surface area contributed by atoms with Crippen LogP contribution in [0.4, 0.5) is 4.79 Å². The van der Waals surface area contributed by atoms with Crippen molar-refractivity contribution in [2.45, 2.75) is 39.3 Å². The molecule has 0 spiro atoms. The van der Waals surface area contributed by atoms with Crippen LogP contribution in [-0.4, -0.2) is 23.0 Å². The van der Waals surface area contributed by atoms with Crippen molar-refractivity contribution in [2.24, 2.45) is 0 Å². The number of rotatable bonds is 0. The van der Waals surface area contributed by atoms with Gasteiger partial charge in [-0.15, -0.1) is 0 Å². The predicted molar refractivity (Wildman–Crippen MR) is 68.8 cm³/mol. The average molecular weight is 232 g/mol. The lowest BCUT2D eigenvalue weighted by Gasteiger charge is -2.32. The minimum atomic E-state index is -0.173. The van der Waals surface area contributed by atoms with Crippen molar-refractivity contribution in [1.29, 1.82) is 0 Å². The third-order valence-corrected chi connectivity index (χ3v) is 2.90. The topological polar surface area (TPSA) is 32.3 Å². The Labute approximate surface area is 103 Å². The first-order valence-corrected chi connectivity index (χ1v) is 6.09. The van der Waals surface area contributed by atoms with E-state index in [4.69, 9.17) is 0 Å². The maximum atomic E-state index is 12.0. The van der Waals surface area contributed by atoms with E-state index in [1.807, 2.05) is 31.7 Å². The third-order valence-electron chi connectivity index (χ3n) is 2.90. The van der Waals surface area contributed by atoms with Crippen LogP contribution in [0.15, 0.2) is 24.3 Å². The van der Waals surface area contributed by atoms with E-state index in [1.54, 1.807) is 0 Å². The molecule has 0 unspecified atom stereocenters. The Bertz CT molecular complexity index is 420. The lowest BCUT2D eigenvalue weighted by Crippen LogP contribution is -2.49. The van der Waals surface area contributed by atoms with Crippen LogP contribution >= 0.6 is 0 Å². The summed E-state index contributed by atoms with van der Waals surface area (Å²) in [6.45, 7) is 7.53. The number of carbonyl (C=O) groups excluding carboxylic acids is 1. The van der Waals surface area contributed by atoms with E-state index < -0.39 is 0 Å². The van der Waals surface area contributed by atoms with E-state index in [1.165, 1.54) is 11.1 Å². The smallest absolute Gasteiger partial charge is 0.318 e. The number of fused-ring (bicyclic) bond motifs is 1. The molecule has 0 saturated carbocycles. The lowest BCUT2D eigenvalue weighted by molar-refractivity contribution is 0.183. The van der Waals surface area contributed by atoms with Crippen LogP contribution in [0, 0.1) is 0 Å². The molecule has 0 aliphatic carbocycles. The fourth-order valence-electron chi connectivity index (χ4n) is 2.07. The number of hydrogen-bond acceptors (Lipinski definition) is 1. The Morgan fingerprint density at radius 2 is 1.88 bits per heavy atom. The van der Waals surface area contributed by atoms with E-state index in [9.17, 15) is 4.79 Å². The molecule has 17 heavy (non-hydrogen) atoms. The van der Waals surface area contributed by atoms with Gasteiger partial charge in [-0.3, -0.25) is 0 Å². The molecule has 1 N–H and O–H groups in total. The van der Waals surface area contributed by atoms with Crippen molar-refractivity contribution in [2.75, 3.05) is 6.54 Å². The van der Waals surface area contributed by atoms with Gasteiger partial charge in [0, 0.05) is 18.6 Å². The molecular formula is C14H20N2O. The number of nitrogens with one attached hydrogen (secondary N) is 1. The molecule has 2 amide bonds. The van der Waals surface area contributed by atoms with Gasteiger partial charge in [0.1, 0.15) is 0 Å². The van der Waals surface area contributed by atoms with Crippen LogP contribution in [0.2, 0.25) is 0 Å². The van der Waals surface area contributed by atoms with Gasteiger partial charge in [0.15, 0.2) is 0 Å². The number of amides is 2. The Morgan fingerprint density at radius 1 is 1.24 bits per heavy atom. The Hall–Kier alpha value is -1.51. The highest BCUT2D eigenvalue weighted by atomic mass is 16.2. The molecule has 1 aromatic carbocycles. The van der Waals surface area contributed by atoms with Gasteiger partial charge < -0.3 is 10.2 Å². The van der Waals surface area contributed by atoms with Crippen molar-refractivity contribution in [3.05, 3.63) is 35.4 Å². The molecule has 2 rings (SSSR count). The quantitative estimate of drug-likeness (QED) is 0.732. The van der Waals surface area contributed by atoms with Gasteiger partial charge in [0.05, 0.1) is 0 Å². The molecule has 3 heteroatoms. The summed E-state index contributed by atoms with van der Waals surface area (Å²) in [5.41, 5.74) is 2.46. The second-order valence-electron chi connectivity index (χ2n) is 5.62. The summed E-state index contributed by atoms with van der Waals surface area (Å²) in [5.74, 6) is 0. The predicted octanol–water partition coefficient (Wildman–Crippen LogP) is 2.55. The van der Waals surface area contributed by atoms with Crippen molar-refractivity contribution >= 4 is 6.03 Å². The summed E-state index contributed by atoms with van der Waals surface area (Å²) in [6, 6.07) is 8.38. The second-order valence-corrected chi connectivity index (χ2v) is 5.62. The zero-order valence-corrected chi connectivity index (χ0v) is 10.8. The van der Waals surface area contributed by atoms with Crippen LogP contribution in [0.3, 0.4) is 0 Å². The molecule has 1 heterocycles. The summed E-state index contributed by atoms with van der Waals surface area (Å²) >= 11 is 0. The summed E-state index contributed by atoms with van der Waals surface area (Å²) in [6.07, 6.45) is 0.952. The monoisotopic (exact) mass is 232 g/mol. The molecular weight excluding hydrogens is 212 g/mol. The zero-order chi connectivity index (χ0) is 12.5. The normalized spacial score (nSPS) is 15.4. The van der Waals surface area contributed by atoms with Gasteiger partial charge in [-0.2, -0.15) is 0 Å². The molecule has 0 fully saturated rings. The molecule has 1 aromatic rings. The average Bonchev–Trinajstić information content (AvgIpc) is 2.26. The lowest BCUT2D eigenvalue weighted by atomic mass is 10.0. The molecule has 0 atom stereocenters. The number of urea groups is 1. The van der Waals surface area contributed by atoms with Crippen LogP contribution in [0.5, 0.6) is 0 Å². The first kappa shape index (κ1) is 12.0. The Kier molecular flexibility index (Phi) is 3.09. The molecule has 0 aromatic heterocycles. The molecule has 0 radical (unpaired) electrons. The van der Waals surface area contributed by atoms with E-state index in [-0.39, 0.29) is 11.6 Å². The number of carbonyl (C=O) groups is 1. The summed E-state index contributed by atoms with van der Waals surface area (Å²) in [4.78, 5) is 13.9. The fraction of sp³-hybridized carbons (Fsp3) is 0.500. The standard InChI is InChI=1S/C14H20N2O/c1-14(2,3)15-13(17)16-9-8-11-6-4-5-7-12(11)10-16/h4-7H,8-10H2,1-3H3,(H,15,17). The van der Waals surface area contributed by atoms with Crippen molar-refractivity contribution in [1.82, 2.24) is 10.2 Å². The number of hydrogen-bond donors (Lipinski definition) is 1. The van der Waals surface area contributed by atoms with Crippen LogP contribution in [0.1, 0.15) is 31.9 Å². The van der Waals surface area contributed by atoms with Gasteiger partial charge in [0.2, 0.25) is 0 Å². The Balaban J connectivity index is 2.05. The molecule has 0 bridgehead atoms. The summed E-state index contributed by atoms with van der Waals surface area (Å²) < 4.78 is 0. The van der Waals surface area contributed by atoms with Crippen LogP contribution < -0.4 is 5.32 Å². The van der Waals surface area contributed by atoms with Crippen LogP contribution in [0.25, 0.3) is 0 Å². The van der Waals surface area contributed by atoms with Crippen molar-refractivity contribution < 1.29 is 4.79 Å². The highest BCUT2D eigenvalue weighted by Gasteiger charge is 2.23. The Morgan fingerprint density at radius 3 is 2.53 bits per heavy atom. The molecule has 1 aliphatic heterocycles. The summed E-state index contributed by atoms with van der Waals surface area (Å²) in [5, 5.41) is 3.01. The molecule has 3 nitrogen and oxygen atoms in total. The second kappa shape index (κ2) is 4.40. The molecule has 92 valence electrons. The maximum Gasteiger partial charge on any atom is 0.318 e. The van der Waals surface area contributed by atoms with Crippen LogP contribution in [-0.2, 0) is 13.0 Å². The van der Waals surface area contributed by atoms with E-state index in [2.05, 4.69) is 23.5 Å². The van der Waals surface area contributed by atoms with E-state index in [0.29, 0.717) is 0 Å². The fourth-order valence-corrected chi connectivity index (χ4v) is 2.07. The number of benzene rings is 1. The third kappa shape index (κ3) is 2.99. The first-order chi connectivity index (χ1) is 7.96. The first-order valence-electron chi connectivity index (χ1n) is 6.09. The van der Waals surface area contributed by atoms with Gasteiger partial charge >= 0.3 is 6.03 Å². The number of nitrogens with zero attached hydrogens (tertiary/aromatic N) is 1. The minimum absolute atomic E-state index is 0.0343. The minimum Gasteiger partial charge on any atom is -0.333 e. The highest BCUT2D eigenvalue weighted by Crippen LogP contribution is 2.18. The van der Waals surface area contributed by atoms with Gasteiger partial charge in [-0.25, -0.2) is 4.79 Å². The van der Waals surface area contributed by atoms with Gasteiger partial charge in [-0.1, -0.05) is 24.3 Å². The van der Waals surface area contributed by atoms with Gasteiger partial charge in [0.25, 0.3) is 0 Å². The van der Waals surface area contributed by atoms with Crippen molar-refractivity contribution in [3.8, 4) is 0 Å². The SMILES string of the molecule is CC(C)(C)NC(=O)N1CCc2ccccc2C1. The highest BCUT2D eigenvalue weighted by molar-refractivity contribution is 5.75.